The molecule has 100 valence electrons. The van der Waals surface area contributed by atoms with Crippen molar-refractivity contribution in [2.75, 3.05) is 0 Å². The van der Waals surface area contributed by atoms with Crippen molar-refractivity contribution < 1.29 is 18.1 Å². The Morgan fingerprint density at radius 2 is 1.89 bits per heavy atom. The average Bonchev–Trinajstić information content (AvgIpc) is 2.25. The summed E-state index contributed by atoms with van der Waals surface area (Å²) in [6, 6.07) is 2.62. The van der Waals surface area contributed by atoms with Crippen molar-refractivity contribution in [2.45, 2.75) is 30.8 Å². The summed E-state index contributed by atoms with van der Waals surface area (Å²) < 4.78 is 37.5. The summed E-state index contributed by atoms with van der Waals surface area (Å²) in [5.74, 6) is -0.257. The van der Waals surface area contributed by atoms with Gasteiger partial charge in [-0.15, -0.1) is 0 Å². The van der Waals surface area contributed by atoms with Gasteiger partial charge in [-0.2, -0.15) is 13.2 Å². The predicted molar refractivity (Wildman–Crippen MR) is 64.9 cm³/mol. The SMILES string of the molecule is CC(Br)C(C)c1ccc(C(F)(F)F)cc1[N+](=O)[O-]. The Kier molecular flexibility index (Phi) is 4.37. The molecule has 3 nitrogen and oxygen atoms in total. The maximum atomic E-state index is 12.5. The first-order chi connectivity index (χ1) is 8.14. The maximum absolute atomic E-state index is 12.5. The van der Waals surface area contributed by atoms with Crippen molar-refractivity contribution in [1.82, 2.24) is 0 Å². The molecule has 2 unspecified atom stereocenters. The Hall–Kier alpha value is -1.11. The van der Waals surface area contributed by atoms with Gasteiger partial charge in [-0.1, -0.05) is 35.8 Å². The normalized spacial score (nSPS) is 15.2. The minimum Gasteiger partial charge on any atom is -0.258 e. The van der Waals surface area contributed by atoms with Crippen LogP contribution >= 0.6 is 15.9 Å². The van der Waals surface area contributed by atoms with Crippen LogP contribution in [0.15, 0.2) is 18.2 Å². The van der Waals surface area contributed by atoms with Crippen LogP contribution < -0.4 is 0 Å². The number of nitro benzene ring substituents is 1. The number of nitrogens with zero attached hydrogens (tertiary/aromatic N) is 1. The monoisotopic (exact) mass is 325 g/mol. The number of benzene rings is 1. The Balaban J connectivity index is 3.34. The third-order valence-electron chi connectivity index (χ3n) is 2.73. The van der Waals surface area contributed by atoms with Gasteiger partial charge in [-0.3, -0.25) is 10.1 Å². The van der Waals surface area contributed by atoms with E-state index in [0.29, 0.717) is 6.07 Å². The lowest BCUT2D eigenvalue weighted by molar-refractivity contribution is -0.386. The van der Waals surface area contributed by atoms with Crippen LogP contribution in [0.25, 0.3) is 0 Å². The van der Waals surface area contributed by atoms with Crippen molar-refractivity contribution in [3.05, 3.63) is 39.4 Å². The van der Waals surface area contributed by atoms with E-state index in [1.165, 1.54) is 6.07 Å². The Bertz CT molecular complexity index is 460. The highest BCUT2D eigenvalue weighted by molar-refractivity contribution is 9.09. The lowest BCUT2D eigenvalue weighted by Crippen LogP contribution is -2.11. The van der Waals surface area contributed by atoms with E-state index in [0.717, 1.165) is 6.07 Å². The quantitative estimate of drug-likeness (QED) is 0.466. The molecular weight excluding hydrogens is 315 g/mol. The van der Waals surface area contributed by atoms with Crippen LogP contribution in [0.4, 0.5) is 18.9 Å². The van der Waals surface area contributed by atoms with Crippen LogP contribution in [-0.2, 0) is 6.18 Å². The third kappa shape index (κ3) is 3.22. The predicted octanol–water partition coefficient (Wildman–Crippen LogP) is 4.50. The van der Waals surface area contributed by atoms with Crippen LogP contribution in [-0.4, -0.2) is 9.75 Å². The van der Waals surface area contributed by atoms with Gasteiger partial charge in [0.25, 0.3) is 5.69 Å². The number of rotatable bonds is 3. The van der Waals surface area contributed by atoms with E-state index in [-0.39, 0.29) is 16.3 Å². The minimum atomic E-state index is -4.58. The molecule has 0 aliphatic rings. The summed E-state index contributed by atoms with van der Waals surface area (Å²) in [5, 5.41) is 10.9. The summed E-state index contributed by atoms with van der Waals surface area (Å²) in [6.45, 7) is 3.50. The van der Waals surface area contributed by atoms with Crippen molar-refractivity contribution in [2.24, 2.45) is 0 Å². The standard InChI is InChI=1S/C11H11BrF3NO2/c1-6(7(2)12)9-4-3-8(11(13,14)15)5-10(9)16(17)18/h3-7H,1-2H3. The molecular formula is C11H11BrF3NO2. The number of hydrogen-bond acceptors (Lipinski definition) is 2. The zero-order valence-electron chi connectivity index (χ0n) is 9.66. The second kappa shape index (κ2) is 5.26. The molecule has 0 radical (unpaired) electrons. The molecule has 7 heteroatoms. The highest BCUT2D eigenvalue weighted by Gasteiger charge is 2.33. The Morgan fingerprint density at radius 3 is 2.28 bits per heavy atom. The van der Waals surface area contributed by atoms with Gasteiger partial charge in [-0.05, 0) is 6.07 Å². The summed E-state index contributed by atoms with van der Waals surface area (Å²) in [5.41, 5.74) is -1.21. The first kappa shape index (κ1) is 14.9. The van der Waals surface area contributed by atoms with Crippen molar-refractivity contribution in [3.63, 3.8) is 0 Å². The van der Waals surface area contributed by atoms with Gasteiger partial charge in [0.15, 0.2) is 0 Å². The minimum absolute atomic E-state index is 0.0760. The van der Waals surface area contributed by atoms with E-state index in [1.807, 2.05) is 0 Å². The summed E-state index contributed by atoms with van der Waals surface area (Å²) >= 11 is 3.27. The second-order valence-electron chi connectivity index (χ2n) is 3.99. The zero-order valence-corrected chi connectivity index (χ0v) is 11.2. The molecule has 0 aliphatic heterocycles. The molecule has 0 saturated carbocycles. The largest absolute Gasteiger partial charge is 0.416 e. The molecule has 0 amide bonds. The Morgan fingerprint density at radius 1 is 1.33 bits per heavy atom. The molecule has 0 bridgehead atoms. The molecule has 18 heavy (non-hydrogen) atoms. The average molecular weight is 326 g/mol. The third-order valence-corrected chi connectivity index (χ3v) is 3.53. The number of hydrogen-bond donors (Lipinski definition) is 0. The van der Waals surface area contributed by atoms with E-state index in [1.54, 1.807) is 13.8 Å². The lowest BCUT2D eigenvalue weighted by atomic mass is 9.95. The van der Waals surface area contributed by atoms with Gasteiger partial charge >= 0.3 is 6.18 Å². The van der Waals surface area contributed by atoms with Crippen LogP contribution in [0.5, 0.6) is 0 Å². The van der Waals surface area contributed by atoms with Gasteiger partial charge in [0.05, 0.1) is 10.5 Å². The van der Waals surface area contributed by atoms with Crippen LogP contribution in [0.1, 0.15) is 30.9 Å². The molecule has 0 spiro atoms. The molecule has 1 aromatic rings. The van der Waals surface area contributed by atoms with Crippen molar-refractivity contribution in [1.29, 1.82) is 0 Å². The smallest absolute Gasteiger partial charge is 0.258 e. The molecule has 0 heterocycles. The molecule has 1 aromatic carbocycles. The molecule has 0 N–H and O–H groups in total. The number of nitro groups is 1. The Labute approximate surface area is 110 Å². The highest BCUT2D eigenvalue weighted by Crippen LogP contribution is 2.37. The summed E-state index contributed by atoms with van der Waals surface area (Å²) in [4.78, 5) is 9.99. The van der Waals surface area contributed by atoms with Crippen LogP contribution in [0.3, 0.4) is 0 Å². The first-order valence-corrected chi connectivity index (χ1v) is 6.05. The van der Waals surface area contributed by atoms with Crippen molar-refractivity contribution in [3.8, 4) is 0 Å². The molecule has 2 atom stereocenters. The topological polar surface area (TPSA) is 43.1 Å². The molecule has 0 saturated heterocycles. The van der Waals surface area contributed by atoms with Crippen molar-refractivity contribution >= 4 is 21.6 Å². The van der Waals surface area contributed by atoms with E-state index in [2.05, 4.69) is 15.9 Å². The summed E-state index contributed by atoms with van der Waals surface area (Å²) in [6.07, 6.45) is -4.58. The number of halogens is 4. The van der Waals surface area contributed by atoms with Gasteiger partial charge in [0.2, 0.25) is 0 Å². The van der Waals surface area contributed by atoms with E-state index in [9.17, 15) is 23.3 Å². The molecule has 0 aliphatic carbocycles. The highest BCUT2D eigenvalue weighted by atomic mass is 79.9. The zero-order chi connectivity index (χ0) is 14.1. The fourth-order valence-corrected chi connectivity index (χ4v) is 1.80. The molecule has 0 fully saturated rings. The van der Waals surface area contributed by atoms with Gasteiger partial charge < -0.3 is 0 Å². The maximum Gasteiger partial charge on any atom is 0.416 e. The van der Waals surface area contributed by atoms with Gasteiger partial charge in [0, 0.05) is 22.4 Å². The van der Waals surface area contributed by atoms with Crippen LogP contribution in [0.2, 0.25) is 0 Å². The molecule has 0 aromatic heterocycles. The second-order valence-corrected chi connectivity index (χ2v) is 5.44. The molecule has 1 rings (SSSR count). The van der Waals surface area contributed by atoms with Crippen LogP contribution in [0, 0.1) is 10.1 Å². The fourth-order valence-electron chi connectivity index (χ4n) is 1.51. The number of alkyl halides is 4. The van der Waals surface area contributed by atoms with E-state index in [4.69, 9.17) is 0 Å². The van der Waals surface area contributed by atoms with E-state index < -0.39 is 22.4 Å². The van der Waals surface area contributed by atoms with Gasteiger partial charge in [0.1, 0.15) is 0 Å². The summed E-state index contributed by atoms with van der Waals surface area (Å²) in [7, 11) is 0. The lowest BCUT2D eigenvalue weighted by Gasteiger charge is -2.16. The first-order valence-electron chi connectivity index (χ1n) is 5.14. The van der Waals surface area contributed by atoms with Gasteiger partial charge in [-0.25, -0.2) is 0 Å². The fraction of sp³-hybridized carbons (Fsp3) is 0.455. The van der Waals surface area contributed by atoms with E-state index >= 15 is 0 Å².